The van der Waals surface area contributed by atoms with Crippen LogP contribution in [0.4, 0.5) is 5.69 Å². The molecule has 1 aromatic heterocycles. The molecule has 4 nitrogen and oxygen atoms in total. The molecule has 108 valence electrons. The number of aromatic nitrogens is 1. The van der Waals surface area contributed by atoms with E-state index in [0.717, 1.165) is 17.8 Å². The van der Waals surface area contributed by atoms with Crippen molar-refractivity contribution < 1.29 is 4.79 Å². The molecule has 1 heterocycles. The molecule has 5 rings (SSSR count). The summed E-state index contributed by atoms with van der Waals surface area (Å²) in [5.74, 6) is 2.59. The largest absolute Gasteiger partial charge is 0.397 e. The van der Waals surface area contributed by atoms with Crippen LogP contribution in [0, 0.1) is 17.8 Å². The number of rotatable bonds is 2. The number of hydrogen-bond acceptors (Lipinski definition) is 2. The number of anilines is 1. The van der Waals surface area contributed by atoms with Gasteiger partial charge in [-0.3, -0.25) is 4.79 Å². The molecule has 4 fully saturated rings. The van der Waals surface area contributed by atoms with Crippen molar-refractivity contribution in [1.82, 2.24) is 9.88 Å². The van der Waals surface area contributed by atoms with E-state index in [2.05, 4.69) is 5.32 Å². The maximum Gasteiger partial charge on any atom is 0.268 e. The number of nitrogens with one attached hydrogen (secondary N) is 1. The molecule has 0 aliphatic heterocycles. The van der Waals surface area contributed by atoms with E-state index in [4.69, 9.17) is 5.73 Å². The van der Waals surface area contributed by atoms with Crippen molar-refractivity contribution in [3.8, 4) is 0 Å². The van der Waals surface area contributed by atoms with Gasteiger partial charge in [-0.25, -0.2) is 0 Å². The van der Waals surface area contributed by atoms with Crippen molar-refractivity contribution in [3.05, 3.63) is 18.0 Å². The first-order valence-electron chi connectivity index (χ1n) is 7.77. The molecule has 4 aliphatic carbocycles. The zero-order valence-corrected chi connectivity index (χ0v) is 12.1. The molecule has 0 radical (unpaired) electrons. The minimum Gasteiger partial charge on any atom is -0.397 e. The SMILES string of the molecule is Cn1cc(N)cc1C(=O)NC12CC3CC(CC(C3)C1)C2. The number of hydrogen-bond donors (Lipinski definition) is 2. The third-order valence-corrected chi connectivity index (χ3v) is 5.68. The molecule has 4 aliphatic rings. The van der Waals surface area contributed by atoms with E-state index in [-0.39, 0.29) is 11.4 Å². The Morgan fingerprint density at radius 1 is 1.25 bits per heavy atom. The Morgan fingerprint density at radius 3 is 2.25 bits per heavy atom. The fourth-order valence-electron chi connectivity index (χ4n) is 5.38. The summed E-state index contributed by atoms with van der Waals surface area (Å²) >= 11 is 0. The van der Waals surface area contributed by atoms with Gasteiger partial charge in [-0.1, -0.05) is 0 Å². The number of amides is 1. The molecule has 4 bridgehead atoms. The van der Waals surface area contributed by atoms with Crippen LogP contribution in [0.15, 0.2) is 12.3 Å². The summed E-state index contributed by atoms with van der Waals surface area (Å²) < 4.78 is 1.82. The second-order valence-corrected chi connectivity index (χ2v) is 7.42. The van der Waals surface area contributed by atoms with E-state index >= 15 is 0 Å². The number of nitrogen functional groups attached to an aromatic ring is 1. The van der Waals surface area contributed by atoms with Gasteiger partial charge in [-0.15, -0.1) is 0 Å². The van der Waals surface area contributed by atoms with Crippen LogP contribution < -0.4 is 11.1 Å². The van der Waals surface area contributed by atoms with Gasteiger partial charge in [0.15, 0.2) is 0 Å². The van der Waals surface area contributed by atoms with Gasteiger partial charge in [-0.05, 0) is 62.3 Å². The Balaban J connectivity index is 1.57. The van der Waals surface area contributed by atoms with Crippen LogP contribution in [0.5, 0.6) is 0 Å². The van der Waals surface area contributed by atoms with Crippen LogP contribution in [0.25, 0.3) is 0 Å². The summed E-state index contributed by atoms with van der Waals surface area (Å²) in [6.45, 7) is 0. The standard InChI is InChI=1S/C16H23N3O/c1-19-9-13(17)5-14(19)15(20)18-16-6-10-2-11(7-16)4-12(3-10)8-16/h5,9-12H,2-4,6-8,17H2,1H3,(H,18,20). The summed E-state index contributed by atoms with van der Waals surface area (Å²) in [6.07, 6.45) is 9.54. The molecule has 0 saturated heterocycles. The van der Waals surface area contributed by atoms with Crippen molar-refractivity contribution in [3.63, 3.8) is 0 Å². The number of nitrogens with two attached hydrogens (primary N) is 1. The Labute approximate surface area is 119 Å². The predicted octanol–water partition coefficient (Wildman–Crippen LogP) is 2.31. The Hall–Kier alpha value is -1.45. The van der Waals surface area contributed by atoms with Crippen LogP contribution in [-0.2, 0) is 7.05 Å². The van der Waals surface area contributed by atoms with Crippen LogP contribution in [0.3, 0.4) is 0 Å². The monoisotopic (exact) mass is 273 g/mol. The van der Waals surface area contributed by atoms with Crippen LogP contribution in [0.2, 0.25) is 0 Å². The van der Waals surface area contributed by atoms with Crippen molar-refractivity contribution in [2.75, 3.05) is 5.73 Å². The first-order chi connectivity index (χ1) is 9.53. The lowest BCUT2D eigenvalue weighted by atomic mass is 9.53. The highest BCUT2D eigenvalue weighted by Gasteiger charge is 2.51. The van der Waals surface area contributed by atoms with Gasteiger partial charge in [0.2, 0.25) is 0 Å². The molecule has 1 amide bonds. The molecule has 4 saturated carbocycles. The highest BCUT2D eigenvalue weighted by molar-refractivity contribution is 5.94. The maximum absolute atomic E-state index is 12.6. The number of nitrogens with zero attached hydrogens (tertiary/aromatic N) is 1. The summed E-state index contributed by atoms with van der Waals surface area (Å²) in [5.41, 5.74) is 7.19. The van der Waals surface area contributed by atoms with Crippen LogP contribution >= 0.6 is 0 Å². The van der Waals surface area contributed by atoms with E-state index in [0.29, 0.717) is 11.4 Å². The number of aryl methyl sites for hydroxylation is 1. The fraction of sp³-hybridized carbons (Fsp3) is 0.688. The zero-order chi connectivity index (χ0) is 13.9. The lowest BCUT2D eigenvalue weighted by Crippen LogP contribution is -2.60. The lowest BCUT2D eigenvalue weighted by Gasteiger charge is -2.56. The van der Waals surface area contributed by atoms with Crippen molar-refractivity contribution >= 4 is 11.6 Å². The van der Waals surface area contributed by atoms with Gasteiger partial charge in [0.1, 0.15) is 5.69 Å². The van der Waals surface area contributed by atoms with E-state index < -0.39 is 0 Å². The van der Waals surface area contributed by atoms with Crippen molar-refractivity contribution in [1.29, 1.82) is 0 Å². The van der Waals surface area contributed by atoms with Gasteiger partial charge in [0.05, 0.1) is 5.69 Å². The first kappa shape index (κ1) is 12.3. The van der Waals surface area contributed by atoms with Gasteiger partial charge in [0, 0.05) is 18.8 Å². The topological polar surface area (TPSA) is 60.0 Å². The average Bonchev–Trinajstić information content (AvgIpc) is 2.66. The van der Waals surface area contributed by atoms with Crippen LogP contribution in [0.1, 0.15) is 49.0 Å². The third-order valence-electron chi connectivity index (χ3n) is 5.68. The Bertz CT molecular complexity index is 525. The summed E-state index contributed by atoms with van der Waals surface area (Å²) in [5, 5.41) is 3.38. The highest BCUT2D eigenvalue weighted by atomic mass is 16.2. The average molecular weight is 273 g/mol. The molecular formula is C16H23N3O. The minimum absolute atomic E-state index is 0.0474. The quantitative estimate of drug-likeness (QED) is 0.868. The minimum atomic E-state index is 0.0474. The van der Waals surface area contributed by atoms with E-state index in [1.165, 1.54) is 38.5 Å². The molecule has 20 heavy (non-hydrogen) atoms. The maximum atomic E-state index is 12.6. The molecule has 0 spiro atoms. The first-order valence-corrected chi connectivity index (χ1v) is 7.77. The Kier molecular flexibility index (Phi) is 2.48. The number of carbonyl (C=O) groups is 1. The lowest BCUT2D eigenvalue weighted by molar-refractivity contribution is -0.0168. The molecule has 0 atom stereocenters. The summed E-state index contributed by atoms with van der Waals surface area (Å²) in [4.78, 5) is 12.6. The van der Waals surface area contributed by atoms with Gasteiger partial charge >= 0.3 is 0 Å². The number of carbonyl (C=O) groups excluding carboxylic acids is 1. The predicted molar refractivity (Wildman–Crippen MR) is 78.2 cm³/mol. The molecular weight excluding hydrogens is 250 g/mol. The summed E-state index contributed by atoms with van der Waals surface area (Å²) in [6, 6.07) is 1.77. The molecule has 0 aromatic carbocycles. The van der Waals surface area contributed by atoms with E-state index in [1.54, 1.807) is 12.3 Å². The second kappa shape index (κ2) is 4.03. The molecule has 0 unspecified atom stereocenters. The third kappa shape index (κ3) is 1.85. The van der Waals surface area contributed by atoms with Crippen molar-refractivity contribution in [2.24, 2.45) is 24.8 Å². The van der Waals surface area contributed by atoms with Gasteiger partial charge < -0.3 is 15.6 Å². The normalized spacial score (nSPS) is 38.1. The smallest absolute Gasteiger partial charge is 0.268 e. The Morgan fingerprint density at radius 2 is 1.80 bits per heavy atom. The summed E-state index contributed by atoms with van der Waals surface area (Å²) in [7, 11) is 1.88. The van der Waals surface area contributed by atoms with Crippen LogP contribution in [-0.4, -0.2) is 16.0 Å². The molecule has 1 aromatic rings. The van der Waals surface area contributed by atoms with E-state index in [9.17, 15) is 4.79 Å². The van der Waals surface area contributed by atoms with Gasteiger partial charge in [-0.2, -0.15) is 0 Å². The fourth-order valence-corrected chi connectivity index (χ4v) is 5.38. The molecule has 4 heteroatoms. The van der Waals surface area contributed by atoms with Gasteiger partial charge in [0.25, 0.3) is 5.91 Å². The zero-order valence-electron chi connectivity index (χ0n) is 12.1. The molecule has 3 N–H and O–H groups in total. The second-order valence-electron chi connectivity index (χ2n) is 7.42. The highest BCUT2D eigenvalue weighted by Crippen LogP contribution is 2.55. The van der Waals surface area contributed by atoms with Crippen molar-refractivity contribution in [2.45, 2.75) is 44.1 Å². The van der Waals surface area contributed by atoms with E-state index in [1.807, 2.05) is 11.6 Å².